The van der Waals surface area contributed by atoms with Gasteiger partial charge in [-0.3, -0.25) is 9.80 Å². The minimum Gasteiger partial charge on any atom is -0.396 e. The van der Waals surface area contributed by atoms with E-state index >= 15 is 0 Å². The number of aliphatic hydroxyl groups excluding tert-OH is 1. The van der Waals surface area contributed by atoms with Gasteiger partial charge >= 0.3 is 0 Å². The monoisotopic (exact) mass is 330 g/mol. The molecule has 1 heterocycles. The highest BCUT2D eigenvalue weighted by Gasteiger charge is 2.28. The van der Waals surface area contributed by atoms with Gasteiger partial charge in [0.05, 0.1) is 0 Å². The van der Waals surface area contributed by atoms with E-state index in [2.05, 4.69) is 18.7 Å². The molecule has 6 heteroatoms. The Bertz CT molecular complexity index is 525. The van der Waals surface area contributed by atoms with Crippen LogP contribution in [0.3, 0.4) is 0 Å². The topological polar surface area (TPSA) is 26.7 Å². The standard InChI is InChI=1S/C17H25F3N2O/c1-12(2)9-22-7-6-21(10-13(22)5-8-23)11-14-15(18)3-4-16(19)17(14)20/h3-4,12-13,23H,5-11H2,1-2H3. The lowest BCUT2D eigenvalue weighted by atomic mass is 10.0. The molecule has 1 N–H and O–H groups in total. The van der Waals surface area contributed by atoms with E-state index in [9.17, 15) is 18.3 Å². The number of hydrogen-bond acceptors (Lipinski definition) is 3. The Morgan fingerprint density at radius 1 is 1.17 bits per heavy atom. The van der Waals surface area contributed by atoms with E-state index in [0.717, 1.165) is 25.2 Å². The highest BCUT2D eigenvalue weighted by Crippen LogP contribution is 2.21. The van der Waals surface area contributed by atoms with Crippen LogP contribution in [0.2, 0.25) is 0 Å². The van der Waals surface area contributed by atoms with Crippen molar-refractivity contribution in [3.63, 3.8) is 0 Å². The summed E-state index contributed by atoms with van der Waals surface area (Å²) in [6.45, 7) is 7.40. The number of nitrogens with zero attached hydrogens (tertiary/aromatic N) is 2. The van der Waals surface area contributed by atoms with Crippen molar-refractivity contribution in [2.24, 2.45) is 5.92 Å². The summed E-state index contributed by atoms with van der Waals surface area (Å²) in [5, 5.41) is 9.26. The zero-order valence-corrected chi connectivity index (χ0v) is 13.7. The Hall–Kier alpha value is -1.11. The fourth-order valence-electron chi connectivity index (χ4n) is 3.17. The lowest BCUT2D eigenvalue weighted by molar-refractivity contribution is 0.0466. The van der Waals surface area contributed by atoms with Gasteiger partial charge in [-0.25, -0.2) is 13.2 Å². The minimum absolute atomic E-state index is 0.0485. The summed E-state index contributed by atoms with van der Waals surface area (Å²) in [4.78, 5) is 4.24. The second-order valence-electron chi connectivity index (χ2n) is 6.61. The fraction of sp³-hybridized carbons (Fsp3) is 0.647. The van der Waals surface area contributed by atoms with Crippen molar-refractivity contribution in [1.82, 2.24) is 9.80 Å². The molecular weight excluding hydrogens is 305 g/mol. The maximum Gasteiger partial charge on any atom is 0.166 e. The molecule has 0 radical (unpaired) electrons. The molecule has 0 saturated carbocycles. The molecule has 0 amide bonds. The summed E-state index contributed by atoms with van der Waals surface area (Å²) in [6, 6.07) is 1.92. The molecule has 1 saturated heterocycles. The third-order valence-electron chi connectivity index (χ3n) is 4.27. The third kappa shape index (κ3) is 4.68. The molecule has 1 aromatic carbocycles. The summed E-state index contributed by atoms with van der Waals surface area (Å²) in [5.74, 6) is -2.33. The lowest BCUT2D eigenvalue weighted by Crippen LogP contribution is -2.54. The second-order valence-corrected chi connectivity index (χ2v) is 6.61. The van der Waals surface area contributed by atoms with Gasteiger partial charge in [0.25, 0.3) is 0 Å². The molecule has 0 bridgehead atoms. The fourth-order valence-corrected chi connectivity index (χ4v) is 3.17. The molecular formula is C17H25F3N2O. The van der Waals surface area contributed by atoms with Crippen LogP contribution in [0.5, 0.6) is 0 Å². The molecule has 0 spiro atoms. The van der Waals surface area contributed by atoms with Crippen molar-refractivity contribution >= 4 is 0 Å². The van der Waals surface area contributed by atoms with Crippen LogP contribution in [0.25, 0.3) is 0 Å². The number of rotatable bonds is 6. The van der Waals surface area contributed by atoms with E-state index in [1.807, 2.05) is 4.90 Å². The van der Waals surface area contributed by atoms with E-state index in [-0.39, 0.29) is 24.8 Å². The van der Waals surface area contributed by atoms with Crippen molar-refractivity contribution in [2.75, 3.05) is 32.8 Å². The Morgan fingerprint density at radius 3 is 2.52 bits per heavy atom. The predicted octanol–water partition coefficient (Wildman–Crippen LogP) is 2.63. The normalized spacial score (nSPS) is 20.4. The molecule has 130 valence electrons. The van der Waals surface area contributed by atoms with Crippen LogP contribution in [-0.4, -0.2) is 53.7 Å². The van der Waals surface area contributed by atoms with Gasteiger partial charge in [0.2, 0.25) is 0 Å². The minimum atomic E-state index is -1.10. The zero-order chi connectivity index (χ0) is 17.0. The van der Waals surface area contributed by atoms with Crippen LogP contribution in [0.15, 0.2) is 12.1 Å². The summed E-state index contributed by atoms with van der Waals surface area (Å²) in [5.41, 5.74) is -0.218. The summed E-state index contributed by atoms with van der Waals surface area (Å²) < 4.78 is 40.9. The molecule has 3 nitrogen and oxygen atoms in total. The summed E-state index contributed by atoms with van der Waals surface area (Å²) in [7, 11) is 0. The smallest absolute Gasteiger partial charge is 0.166 e. The SMILES string of the molecule is CC(C)CN1CCN(Cc2c(F)ccc(F)c2F)CC1CCO. The van der Waals surface area contributed by atoms with Crippen molar-refractivity contribution in [3.8, 4) is 0 Å². The van der Waals surface area contributed by atoms with Gasteiger partial charge in [-0.2, -0.15) is 0 Å². The number of piperazine rings is 1. The van der Waals surface area contributed by atoms with Gasteiger partial charge in [-0.05, 0) is 24.5 Å². The zero-order valence-electron chi connectivity index (χ0n) is 13.7. The van der Waals surface area contributed by atoms with Crippen LogP contribution < -0.4 is 0 Å². The molecule has 1 aromatic rings. The first-order valence-corrected chi connectivity index (χ1v) is 8.12. The highest BCUT2D eigenvalue weighted by molar-refractivity contribution is 5.21. The van der Waals surface area contributed by atoms with Crippen molar-refractivity contribution in [2.45, 2.75) is 32.9 Å². The summed E-state index contributed by atoms with van der Waals surface area (Å²) in [6.07, 6.45) is 0.622. The maximum absolute atomic E-state index is 13.8. The second kappa shape index (κ2) is 8.13. The number of benzene rings is 1. The van der Waals surface area contributed by atoms with Gasteiger partial charge in [-0.1, -0.05) is 13.8 Å². The van der Waals surface area contributed by atoms with Gasteiger partial charge in [0, 0.05) is 50.9 Å². The number of halogens is 3. The Labute approximate surface area is 135 Å². The van der Waals surface area contributed by atoms with Gasteiger partial charge in [0.1, 0.15) is 5.82 Å². The Balaban J connectivity index is 2.07. The quantitative estimate of drug-likeness (QED) is 0.813. The Morgan fingerprint density at radius 2 is 1.87 bits per heavy atom. The van der Waals surface area contributed by atoms with Crippen molar-refractivity contribution in [1.29, 1.82) is 0 Å². The average molecular weight is 330 g/mol. The first kappa shape index (κ1) is 18.2. The highest BCUT2D eigenvalue weighted by atomic mass is 19.2. The van der Waals surface area contributed by atoms with Crippen molar-refractivity contribution in [3.05, 3.63) is 35.1 Å². The molecule has 1 fully saturated rings. The third-order valence-corrected chi connectivity index (χ3v) is 4.27. The van der Waals surface area contributed by atoms with Gasteiger partial charge < -0.3 is 5.11 Å². The lowest BCUT2D eigenvalue weighted by Gasteiger charge is -2.42. The first-order valence-electron chi connectivity index (χ1n) is 8.12. The van der Waals surface area contributed by atoms with E-state index in [1.165, 1.54) is 0 Å². The molecule has 1 aliphatic rings. The van der Waals surface area contributed by atoms with Crippen molar-refractivity contribution < 1.29 is 18.3 Å². The molecule has 0 aromatic heterocycles. The van der Waals surface area contributed by atoms with E-state index < -0.39 is 17.5 Å². The van der Waals surface area contributed by atoms with E-state index in [1.54, 1.807) is 0 Å². The van der Waals surface area contributed by atoms with Crippen LogP contribution in [0, 0.1) is 23.4 Å². The summed E-state index contributed by atoms with van der Waals surface area (Å²) >= 11 is 0. The molecule has 1 atom stereocenters. The average Bonchev–Trinajstić information content (AvgIpc) is 2.50. The van der Waals surface area contributed by atoms with E-state index in [4.69, 9.17) is 0 Å². The van der Waals surface area contributed by atoms with E-state index in [0.29, 0.717) is 25.4 Å². The molecule has 23 heavy (non-hydrogen) atoms. The van der Waals surface area contributed by atoms with Crippen LogP contribution in [-0.2, 0) is 6.54 Å². The molecule has 2 rings (SSSR count). The molecule has 1 aliphatic heterocycles. The predicted molar refractivity (Wildman–Crippen MR) is 83.5 cm³/mol. The van der Waals surface area contributed by atoms with Crippen LogP contribution in [0.1, 0.15) is 25.8 Å². The first-order chi connectivity index (χ1) is 10.9. The molecule has 0 aliphatic carbocycles. The van der Waals surface area contributed by atoms with Gasteiger partial charge in [0.15, 0.2) is 11.6 Å². The van der Waals surface area contributed by atoms with Crippen LogP contribution in [0.4, 0.5) is 13.2 Å². The Kier molecular flexibility index (Phi) is 6.44. The number of hydrogen-bond donors (Lipinski definition) is 1. The maximum atomic E-state index is 13.8. The van der Waals surface area contributed by atoms with Gasteiger partial charge in [-0.15, -0.1) is 0 Å². The van der Waals surface area contributed by atoms with Crippen LogP contribution >= 0.6 is 0 Å². The largest absolute Gasteiger partial charge is 0.396 e. The number of aliphatic hydroxyl groups is 1. The molecule has 1 unspecified atom stereocenters.